The predicted octanol–water partition coefficient (Wildman–Crippen LogP) is -1.64. The van der Waals surface area contributed by atoms with E-state index in [4.69, 9.17) is 0 Å². The number of hydrogen-bond donors (Lipinski definition) is 0. The third-order valence-electron chi connectivity index (χ3n) is 2.17. The van der Waals surface area contributed by atoms with Crippen LogP contribution in [0.15, 0.2) is 0 Å². The molecular weight excluding hydrogens is 220 g/mol. The molecule has 0 aliphatic rings. The lowest BCUT2D eigenvalue weighted by Gasteiger charge is -2.26. The van der Waals surface area contributed by atoms with Crippen LogP contribution in [0.2, 0.25) is 0 Å². The van der Waals surface area contributed by atoms with Gasteiger partial charge in [0, 0.05) is 40.8 Å². The smallest absolute Gasteiger partial charge is 0.267 e. The van der Waals surface area contributed by atoms with Gasteiger partial charge in [-0.15, -0.1) is 0 Å². The molecule has 0 atom stereocenters. The van der Waals surface area contributed by atoms with Gasteiger partial charge in [-0.05, 0) is 20.8 Å². The van der Waals surface area contributed by atoms with E-state index < -0.39 is 0 Å². The zero-order valence-corrected chi connectivity index (χ0v) is 11.5. The molecule has 0 spiro atoms. The summed E-state index contributed by atoms with van der Waals surface area (Å²) < 4.78 is 7.15. The maximum absolute atomic E-state index is 2.38. The van der Waals surface area contributed by atoms with Gasteiger partial charge >= 0.3 is 0 Å². The molecule has 0 aromatic heterocycles. The van der Waals surface area contributed by atoms with Gasteiger partial charge in [0.2, 0.25) is 0 Å². The van der Waals surface area contributed by atoms with Crippen molar-refractivity contribution in [1.29, 1.82) is 0 Å². The van der Waals surface area contributed by atoms with E-state index in [1.54, 1.807) is 0 Å². The Kier molecular flexibility index (Phi) is 14.5. The number of hydrogen-bond acceptors (Lipinski definition) is 3. The average Bonchev–Trinajstić information content (AvgIpc) is 2.16. The summed E-state index contributed by atoms with van der Waals surface area (Å²) in [5, 5.41) is 0. The van der Waals surface area contributed by atoms with E-state index in [9.17, 15) is 0 Å². The second-order valence-corrected chi connectivity index (χ2v) is 5.44. The van der Waals surface area contributed by atoms with Gasteiger partial charge in [0.1, 0.15) is 0 Å². The van der Waals surface area contributed by atoms with Crippen LogP contribution < -0.4 is 4.70 Å². The number of nitrogens with zero attached hydrogens (tertiary/aromatic N) is 3. The molecule has 0 amide bonds. The summed E-state index contributed by atoms with van der Waals surface area (Å²) in [6.45, 7) is 9.89. The fourth-order valence-electron chi connectivity index (χ4n) is 1.06. The normalized spacial score (nSPS) is 10.8. The summed E-state index contributed by atoms with van der Waals surface area (Å²) in [6.07, 6.45) is 0. The van der Waals surface area contributed by atoms with Gasteiger partial charge in [0.05, 0.1) is 0 Å². The molecular formula is C9H25F2N3S. The van der Waals surface area contributed by atoms with Crippen molar-refractivity contribution in [3.05, 3.63) is 0 Å². The van der Waals surface area contributed by atoms with Gasteiger partial charge in [0.15, 0.2) is 0 Å². The first-order chi connectivity index (χ1) is 6.08. The first-order valence-electron chi connectivity index (χ1n) is 4.96. The largest absolute Gasteiger partial charge is 1.00 e. The van der Waals surface area contributed by atoms with E-state index in [1.807, 2.05) is 0 Å². The van der Waals surface area contributed by atoms with E-state index in [1.165, 1.54) is 0 Å². The van der Waals surface area contributed by atoms with Crippen LogP contribution in [0.4, 0.5) is 4.70 Å². The molecule has 0 rings (SSSR count). The number of halogens is 2. The molecule has 3 nitrogen and oxygen atoms in total. The minimum atomic E-state index is 0. The van der Waals surface area contributed by atoms with E-state index in [-0.39, 0.29) is 20.9 Å². The number of rotatable bonds is 6. The maximum Gasteiger partial charge on any atom is 0.267 e. The Balaban J connectivity index is -0.000000720. The van der Waals surface area contributed by atoms with Crippen molar-refractivity contribution in [2.45, 2.75) is 20.8 Å². The van der Waals surface area contributed by atoms with Crippen molar-refractivity contribution in [3.8, 4) is 0 Å². The molecule has 0 saturated carbocycles. The average molecular weight is 245 g/mol. The Morgan fingerprint density at radius 1 is 0.733 bits per heavy atom. The topological polar surface area (TPSA) is 9.72 Å². The summed E-state index contributed by atoms with van der Waals surface area (Å²) in [7, 11) is 6.55. The summed E-state index contributed by atoms with van der Waals surface area (Å²) >= 11 is 0.141. The highest BCUT2D eigenvalue weighted by molar-refractivity contribution is 7.90. The first kappa shape index (κ1) is 20.5. The standard InChI is InChI=1S/C9H24N3S.2FH/c1-7-10(4)13(11(5)8-2)12(6)9-3;;/h7-9H2,1-6H3;2*1H/q+1;;/p-1. The van der Waals surface area contributed by atoms with E-state index in [0.717, 1.165) is 19.6 Å². The zero-order chi connectivity index (χ0) is 10.4. The molecule has 0 aromatic carbocycles. The molecule has 6 heteroatoms. The molecule has 0 heterocycles. The molecule has 0 aromatic rings. The van der Waals surface area contributed by atoms with Crippen molar-refractivity contribution in [2.75, 3.05) is 40.8 Å². The molecule has 0 N–H and O–H groups in total. The summed E-state index contributed by atoms with van der Waals surface area (Å²) in [5.41, 5.74) is 0. The van der Waals surface area contributed by atoms with Gasteiger partial charge in [0.25, 0.3) is 11.5 Å². The van der Waals surface area contributed by atoms with Crippen LogP contribution in [-0.4, -0.2) is 53.7 Å². The zero-order valence-electron chi connectivity index (χ0n) is 10.7. The lowest BCUT2D eigenvalue weighted by Crippen LogP contribution is -3.00. The third kappa shape index (κ3) is 6.29. The second-order valence-electron chi connectivity index (χ2n) is 3.08. The fraction of sp³-hybridized carbons (Fsp3) is 1.00. The summed E-state index contributed by atoms with van der Waals surface area (Å²) in [6, 6.07) is 0. The highest BCUT2D eigenvalue weighted by Gasteiger charge is 2.34. The minimum Gasteiger partial charge on any atom is -1.00 e. The Morgan fingerprint density at radius 2 is 0.933 bits per heavy atom. The molecule has 15 heavy (non-hydrogen) atoms. The Bertz CT molecular complexity index is 117. The molecule has 0 fully saturated rings. The van der Waals surface area contributed by atoms with Gasteiger partial charge in [-0.25, -0.2) is 0 Å². The lowest BCUT2D eigenvalue weighted by atomic mass is 10.8. The maximum atomic E-state index is 2.38. The third-order valence-corrected chi connectivity index (χ3v) is 4.62. The van der Waals surface area contributed by atoms with Crippen LogP contribution >= 0.6 is 0 Å². The van der Waals surface area contributed by atoms with Crippen LogP contribution in [-0.2, 0) is 11.5 Å². The highest BCUT2D eigenvalue weighted by Crippen LogP contribution is 2.11. The molecule has 0 aliphatic carbocycles. The Labute approximate surface area is 95.9 Å². The van der Waals surface area contributed by atoms with Gasteiger partial charge in [-0.3, -0.25) is 4.70 Å². The monoisotopic (exact) mass is 245 g/mol. The Morgan fingerprint density at radius 3 is 1.07 bits per heavy atom. The van der Waals surface area contributed by atoms with Crippen molar-refractivity contribution in [1.82, 2.24) is 12.9 Å². The van der Waals surface area contributed by atoms with Gasteiger partial charge < -0.3 is 4.70 Å². The van der Waals surface area contributed by atoms with Crippen molar-refractivity contribution in [3.63, 3.8) is 0 Å². The van der Waals surface area contributed by atoms with Crippen LogP contribution in [0.5, 0.6) is 0 Å². The molecule has 0 bridgehead atoms. The summed E-state index contributed by atoms with van der Waals surface area (Å²) in [4.78, 5) is 0. The van der Waals surface area contributed by atoms with Gasteiger partial charge in [-0.2, -0.15) is 0 Å². The van der Waals surface area contributed by atoms with Crippen LogP contribution in [0, 0.1) is 0 Å². The van der Waals surface area contributed by atoms with Crippen molar-refractivity contribution in [2.24, 2.45) is 0 Å². The van der Waals surface area contributed by atoms with Crippen LogP contribution in [0.1, 0.15) is 20.8 Å². The predicted molar refractivity (Wildman–Crippen MR) is 64.8 cm³/mol. The van der Waals surface area contributed by atoms with Gasteiger partial charge in [-0.1, -0.05) is 12.9 Å². The van der Waals surface area contributed by atoms with Crippen LogP contribution in [0.25, 0.3) is 0 Å². The lowest BCUT2D eigenvalue weighted by molar-refractivity contribution is -0.00000405. The van der Waals surface area contributed by atoms with Crippen molar-refractivity contribution >= 4 is 11.5 Å². The van der Waals surface area contributed by atoms with Crippen molar-refractivity contribution < 1.29 is 9.41 Å². The molecule has 96 valence electrons. The SMILES string of the molecule is CCN(C)[S+](N(C)CC)N(C)CC.F.[F-]. The van der Waals surface area contributed by atoms with E-state index in [0.29, 0.717) is 0 Å². The molecule has 0 radical (unpaired) electrons. The second kappa shape index (κ2) is 10.6. The molecule has 0 aliphatic heterocycles. The quantitative estimate of drug-likeness (QED) is 0.520. The molecule has 0 saturated heterocycles. The highest BCUT2D eigenvalue weighted by atomic mass is 32.2. The summed E-state index contributed by atoms with van der Waals surface area (Å²) in [5.74, 6) is 0. The van der Waals surface area contributed by atoms with E-state index in [2.05, 4.69) is 54.8 Å². The fourth-order valence-corrected chi connectivity index (χ4v) is 3.18. The van der Waals surface area contributed by atoms with Crippen LogP contribution in [0.3, 0.4) is 0 Å². The first-order valence-corrected chi connectivity index (χ1v) is 6.05. The van der Waals surface area contributed by atoms with E-state index >= 15 is 0 Å². The molecule has 0 unspecified atom stereocenters. The minimum absolute atomic E-state index is 0. The Hall–Kier alpha value is 0.0900.